The second-order valence-electron chi connectivity index (χ2n) is 5.38. The number of nitrogens with one attached hydrogen (secondary N) is 1. The zero-order chi connectivity index (χ0) is 16.6. The van der Waals surface area contributed by atoms with Crippen LogP contribution in [-0.4, -0.2) is 52.6 Å². The largest absolute Gasteiger partial charge is 0.423 e. The van der Waals surface area contributed by atoms with Crippen molar-refractivity contribution in [2.75, 3.05) is 11.9 Å². The van der Waals surface area contributed by atoms with Crippen LogP contribution in [0, 0.1) is 0 Å². The lowest BCUT2D eigenvalue weighted by Crippen LogP contribution is -2.57. The predicted molar refractivity (Wildman–Crippen MR) is 78.8 cm³/mol. The number of halogens is 1. The van der Waals surface area contributed by atoms with E-state index < -0.39 is 36.4 Å². The van der Waals surface area contributed by atoms with Gasteiger partial charge in [0.15, 0.2) is 12.5 Å². The van der Waals surface area contributed by atoms with Gasteiger partial charge in [-0.15, -0.1) is 0 Å². The summed E-state index contributed by atoms with van der Waals surface area (Å²) in [5.74, 6) is 0. The number of benzene rings is 1. The van der Waals surface area contributed by atoms with Crippen LogP contribution in [0.25, 0.3) is 11.0 Å². The van der Waals surface area contributed by atoms with Crippen molar-refractivity contribution in [2.45, 2.75) is 30.8 Å². The molecule has 0 bridgehead atoms. The lowest BCUT2D eigenvalue weighted by Gasteiger charge is -2.37. The summed E-state index contributed by atoms with van der Waals surface area (Å²) in [4.78, 5) is 11.2. The van der Waals surface area contributed by atoms with Gasteiger partial charge >= 0.3 is 5.63 Å². The number of anilines is 1. The topological polar surface area (TPSA) is 112 Å². The van der Waals surface area contributed by atoms with Crippen molar-refractivity contribution < 1.29 is 28.9 Å². The summed E-state index contributed by atoms with van der Waals surface area (Å²) in [6.07, 6.45) is -8.05. The molecule has 1 aromatic heterocycles. The second-order valence-corrected chi connectivity index (χ2v) is 5.38. The number of ether oxygens (including phenoxy) is 1. The van der Waals surface area contributed by atoms with E-state index in [1.54, 1.807) is 24.3 Å². The maximum absolute atomic E-state index is 13.9. The summed E-state index contributed by atoms with van der Waals surface area (Å²) in [5, 5.41) is 31.9. The zero-order valence-corrected chi connectivity index (χ0v) is 11.9. The average molecular weight is 324 g/mol. The van der Waals surface area contributed by atoms with Gasteiger partial charge in [0.05, 0.1) is 0 Å². The molecule has 1 aliphatic heterocycles. The molecule has 1 saturated heterocycles. The molecule has 2 heterocycles. The summed E-state index contributed by atoms with van der Waals surface area (Å²) in [6.45, 7) is -0.0510. The predicted octanol–water partition coefficient (Wildman–Crippen LogP) is -0.0180. The Kier molecular flexibility index (Phi) is 4.31. The van der Waals surface area contributed by atoms with E-state index in [9.17, 15) is 24.5 Å². The van der Waals surface area contributed by atoms with Crippen molar-refractivity contribution in [2.24, 2.45) is 0 Å². The summed E-state index contributed by atoms with van der Waals surface area (Å²) >= 11 is 0. The molecule has 23 heavy (non-hydrogen) atoms. The fraction of sp³-hybridized carbons (Fsp3) is 0.400. The molecule has 0 aliphatic carbocycles. The molecule has 2 aromatic rings. The minimum atomic E-state index is -1.85. The molecule has 8 heteroatoms. The van der Waals surface area contributed by atoms with E-state index in [0.29, 0.717) is 11.3 Å². The molecule has 0 saturated carbocycles. The fourth-order valence-electron chi connectivity index (χ4n) is 2.46. The monoisotopic (exact) mass is 324 g/mol. The Morgan fingerprint density at radius 3 is 2.65 bits per heavy atom. The summed E-state index contributed by atoms with van der Waals surface area (Å²) in [6, 6.07) is 7.95. The molecule has 1 aromatic carbocycles. The molecular weight excluding hydrogens is 308 g/mol. The number of rotatable bonds is 3. The number of fused-ring (bicyclic) bond motifs is 1. The van der Waals surface area contributed by atoms with Gasteiger partial charge < -0.3 is 29.8 Å². The molecular formula is C15H16FNO6. The van der Waals surface area contributed by atoms with Crippen LogP contribution in [0.2, 0.25) is 0 Å². The molecule has 0 amide bonds. The van der Waals surface area contributed by atoms with Gasteiger partial charge in [-0.1, -0.05) is 0 Å². The van der Waals surface area contributed by atoms with Crippen LogP contribution in [0.15, 0.2) is 39.5 Å². The van der Waals surface area contributed by atoms with E-state index in [-0.39, 0.29) is 6.54 Å². The van der Waals surface area contributed by atoms with Gasteiger partial charge in [-0.3, -0.25) is 0 Å². The Labute approximate surface area is 129 Å². The van der Waals surface area contributed by atoms with Crippen LogP contribution in [-0.2, 0) is 4.74 Å². The van der Waals surface area contributed by atoms with Crippen molar-refractivity contribution in [1.82, 2.24) is 0 Å². The van der Waals surface area contributed by atoms with Crippen LogP contribution < -0.4 is 10.9 Å². The second kappa shape index (κ2) is 6.25. The number of aliphatic hydroxyl groups is 3. The molecule has 5 atom stereocenters. The average Bonchev–Trinajstić information content (AvgIpc) is 2.54. The van der Waals surface area contributed by atoms with Crippen molar-refractivity contribution in [3.8, 4) is 0 Å². The van der Waals surface area contributed by atoms with Crippen molar-refractivity contribution in [3.05, 3.63) is 40.8 Å². The van der Waals surface area contributed by atoms with Gasteiger partial charge in [0.2, 0.25) is 0 Å². The first-order chi connectivity index (χ1) is 11.0. The van der Waals surface area contributed by atoms with Crippen molar-refractivity contribution >= 4 is 16.7 Å². The van der Waals surface area contributed by atoms with Crippen molar-refractivity contribution in [3.63, 3.8) is 0 Å². The normalized spacial score (nSPS) is 31.2. The third-order valence-corrected chi connectivity index (χ3v) is 3.77. The molecule has 0 radical (unpaired) electrons. The lowest BCUT2D eigenvalue weighted by molar-refractivity contribution is -0.266. The SMILES string of the molecule is O=c1ccc2ccc(NCC3O[C@@H](O)[C@@H](O)C(O)[C@@H]3[18F])cc2o1. The van der Waals surface area contributed by atoms with E-state index >= 15 is 0 Å². The lowest BCUT2D eigenvalue weighted by atomic mass is 10.00. The van der Waals surface area contributed by atoms with Crippen LogP contribution in [0.1, 0.15) is 0 Å². The van der Waals surface area contributed by atoms with E-state index in [1.165, 1.54) is 6.07 Å². The Bertz CT molecular complexity index is 750. The zero-order valence-electron chi connectivity index (χ0n) is 11.9. The molecule has 7 nitrogen and oxygen atoms in total. The van der Waals surface area contributed by atoms with Gasteiger partial charge in [0.1, 0.15) is 23.9 Å². The minimum Gasteiger partial charge on any atom is -0.423 e. The highest BCUT2D eigenvalue weighted by molar-refractivity contribution is 5.80. The maximum atomic E-state index is 13.9. The molecule has 2 unspecified atom stereocenters. The molecule has 0 spiro atoms. The van der Waals surface area contributed by atoms with Crippen LogP contribution in [0.4, 0.5) is 10.1 Å². The third kappa shape index (κ3) is 3.20. The molecule has 3 rings (SSSR count). The summed E-state index contributed by atoms with van der Waals surface area (Å²) in [5.41, 5.74) is 0.450. The highest BCUT2D eigenvalue weighted by atomic mass is 18.2. The number of hydrogen-bond acceptors (Lipinski definition) is 7. The quantitative estimate of drug-likeness (QED) is 0.587. The Hall–Kier alpha value is -2.00. The number of alkyl halides is 1. The minimum absolute atomic E-state index is 0.0510. The van der Waals surface area contributed by atoms with Crippen LogP contribution in [0.5, 0.6) is 0 Å². The van der Waals surface area contributed by atoms with Gasteiger partial charge in [-0.2, -0.15) is 0 Å². The molecule has 1 fully saturated rings. The summed E-state index contributed by atoms with van der Waals surface area (Å²) in [7, 11) is 0. The standard InChI is InChI=1S/C15H16FNO6/c16-12-10(23-15(21)14(20)13(12)19)6-17-8-3-1-7-2-4-11(18)22-9(7)5-8/h1-5,10,12-15,17,19-21H,6H2/t10?,12-,13?,14+,15-/m1/s1/i16-1. The van der Waals surface area contributed by atoms with E-state index in [2.05, 4.69) is 5.32 Å². The highest BCUT2D eigenvalue weighted by Crippen LogP contribution is 2.23. The van der Waals surface area contributed by atoms with Gasteiger partial charge in [0, 0.05) is 29.8 Å². The van der Waals surface area contributed by atoms with Gasteiger partial charge in [0.25, 0.3) is 0 Å². The highest BCUT2D eigenvalue weighted by Gasteiger charge is 2.44. The van der Waals surface area contributed by atoms with E-state index in [4.69, 9.17) is 9.15 Å². The Morgan fingerprint density at radius 2 is 1.87 bits per heavy atom. The van der Waals surface area contributed by atoms with E-state index in [0.717, 1.165) is 5.39 Å². The molecule has 4 N–H and O–H groups in total. The molecule has 1 aliphatic rings. The number of aliphatic hydroxyl groups excluding tert-OH is 3. The van der Waals surface area contributed by atoms with Crippen LogP contribution >= 0.6 is 0 Å². The van der Waals surface area contributed by atoms with Crippen molar-refractivity contribution in [1.29, 1.82) is 0 Å². The van der Waals surface area contributed by atoms with Gasteiger partial charge in [-0.05, 0) is 18.2 Å². The van der Waals surface area contributed by atoms with Gasteiger partial charge in [-0.25, -0.2) is 9.18 Å². The Balaban J connectivity index is 1.71. The van der Waals surface area contributed by atoms with Crippen LogP contribution in [0.3, 0.4) is 0 Å². The fourth-order valence-corrected chi connectivity index (χ4v) is 2.46. The first kappa shape index (κ1) is 15.9. The number of hydrogen-bond donors (Lipinski definition) is 4. The molecule has 124 valence electrons. The summed E-state index contributed by atoms with van der Waals surface area (Å²) < 4.78 is 23.9. The Morgan fingerprint density at radius 1 is 1.13 bits per heavy atom. The smallest absolute Gasteiger partial charge is 0.336 e. The first-order valence-electron chi connectivity index (χ1n) is 7.07. The van der Waals surface area contributed by atoms with E-state index in [1.807, 2.05) is 0 Å². The maximum Gasteiger partial charge on any atom is 0.336 e. The first-order valence-corrected chi connectivity index (χ1v) is 7.07. The third-order valence-electron chi connectivity index (χ3n) is 3.77.